The Bertz CT molecular complexity index is 926. The molecule has 0 aliphatic carbocycles. The third-order valence-corrected chi connectivity index (χ3v) is 5.90. The number of aryl methyl sites for hydroxylation is 2. The van der Waals surface area contributed by atoms with Gasteiger partial charge in [0, 0.05) is 13.0 Å². The highest BCUT2D eigenvalue weighted by Gasteiger charge is 2.18. The standard InChI is InChI=1S/C19H22Cl2N2O3S/c1-13-10-14(2)12-15(11-13)23(27(3,25)26)9-5-8-18(24)22-17-7-4-6-16(20)19(17)21/h4,6-7,10-12H,5,8-9H2,1-3H3,(H,22,24). The van der Waals surface area contributed by atoms with Crippen LogP contribution in [0.2, 0.25) is 10.0 Å². The molecule has 0 fully saturated rings. The van der Waals surface area contributed by atoms with Crippen molar-refractivity contribution in [1.29, 1.82) is 0 Å². The van der Waals surface area contributed by atoms with Gasteiger partial charge in [-0.3, -0.25) is 9.10 Å². The fourth-order valence-corrected chi connectivity index (χ4v) is 4.07. The molecule has 0 spiro atoms. The Labute approximate surface area is 170 Å². The molecule has 8 heteroatoms. The number of nitrogens with zero attached hydrogens (tertiary/aromatic N) is 1. The summed E-state index contributed by atoms with van der Waals surface area (Å²) in [5.41, 5.74) is 3.00. The van der Waals surface area contributed by atoms with E-state index in [1.54, 1.807) is 18.2 Å². The van der Waals surface area contributed by atoms with Crippen LogP contribution in [0.5, 0.6) is 0 Å². The quantitative estimate of drug-likeness (QED) is 0.688. The van der Waals surface area contributed by atoms with Crippen LogP contribution < -0.4 is 9.62 Å². The summed E-state index contributed by atoms with van der Waals surface area (Å²) < 4.78 is 25.7. The predicted octanol–water partition coefficient (Wildman–Crippen LogP) is 4.80. The van der Waals surface area contributed by atoms with Crippen molar-refractivity contribution in [2.24, 2.45) is 0 Å². The first-order valence-electron chi connectivity index (χ1n) is 8.38. The van der Waals surface area contributed by atoms with Crippen molar-refractivity contribution in [2.75, 3.05) is 22.4 Å². The zero-order chi connectivity index (χ0) is 20.2. The molecule has 27 heavy (non-hydrogen) atoms. The van der Waals surface area contributed by atoms with E-state index in [4.69, 9.17) is 23.2 Å². The van der Waals surface area contributed by atoms with Gasteiger partial charge < -0.3 is 5.32 Å². The summed E-state index contributed by atoms with van der Waals surface area (Å²) in [5.74, 6) is -0.256. The largest absolute Gasteiger partial charge is 0.325 e. The molecule has 0 radical (unpaired) electrons. The minimum absolute atomic E-state index is 0.152. The highest BCUT2D eigenvalue weighted by Crippen LogP contribution is 2.29. The zero-order valence-electron chi connectivity index (χ0n) is 15.4. The number of rotatable bonds is 7. The van der Waals surface area contributed by atoms with E-state index in [-0.39, 0.29) is 23.9 Å². The number of hydrogen-bond acceptors (Lipinski definition) is 3. The Morgan fingerprint density at radius 2 is 1.74 bits per heavy atom. The van der Waals surface area contributed by atoms with Gasteiger partial charge in [-0.25, -0.2) is 8.42 Å². The molecule has 5 nitrogen and oxygen atoms in total. The van der Waals surface area contributed by atoms with Gasteiger partial charge in [0.2, 0.25) is 15.9 Å². The second kappa shape index (κ2) is 8.95. The Kier molecular flexibility index (Phi) is 7.14. The normalized spacial score (nSPS) is 11.3. The van der Waals surface area contributed by atoms with E-state index in [0.29, 0.717) is 22.8 Å². The summed E-state index contributed by atoms with van der Waals surface area (Å²) in [6.07, 6.45) is 1.68. The lowest BCUT2D eigenvalue weighted by Crippen LogP contribution is -2.31. The van der Waals surface area contributed by atoms with E-state index < -0.39 is 10.0 Å². The third-order valence-electron chi connectivity index (χ3n) is 3.89. The van der Waals surface area contributed by atoms with Crippen molar-refractivity contribution in [3.8, 4) is 0 Å². The Morgan fingerprint density at radius 3 is 2.33 bits per heavy atom. The molecule has 0 unspecified atom stereocenters. The lowest BCUT2D eigenvalue weighted by molar-refractivity contribution is -0.116. The fourth-order valence-electron chi connectivity index (χ4n) is 2.78. The molecule has 0 bridgehead atoms. The maximum absolute atomic E-state index is 12.2. The van der Waals surface area contributed by atoms with Gasteiger partial charge in [0.15, 0.2) is 0 Å². The molecular weight excluding hydrogens is 407 g/mol. The SMILES string of the molecule is Cc1cc(C)cc(N(CCCC(=O)Nc2cccc(Cl)c2Cl)S(C)(=O)=O)c1. The molecule has 0 heterocycles. The van der Waals surface area contributed by atoms with Crippen molar-refractivity contribution in [3.63, 3.8) is 0 Å². The van der Waals surface area contributed by atoms with Crippen LogP contribution in [0, 0.1) is 13.8 Å². The van der Waals surface area contributed by atoms with Crippen LogP contribution in [0.1, 0.15) is 24.0 Å². The highest BCUT2D eigenvalue weighted by atomic mass is 35.5. The molecule has 0 aromatic heterocycles. The summed E-state index contributed by atoms with van der Waals surface area (Å²) in [4.78, 5) is 12.2. The Morgan fingerprint density at radius 1 is 1.11 bits per heavy atom. The van der Waals surface area contributed by atoms with Crippen LogP contribution in [0.3, 0.4) is 0 Å². The summed E-state index contributed by atoms with van der Waals surface area (Å²) in [7, 11) is -3.46. The van der Waals surface area contributed by atoms with E-state index in [1.807, 2.05) is 32.0 Å². The summed E-state index contributed by atoms with van der Waals surface area (Å²) in [6.45, 7) is 4.04. The number of nitrogens with one attached hydrogen (secondary N) is 1. The third kappa shape index (κ3) is 6.13. The predicted molar refractivity (Wildman–Crippen MR) is 112 cm³/mol. The number of anilines is 2. The molecule has 2 aromatic carbocycles. The molecule has 0 saturated heterocycles. The Hall–Kier alpha value is -1.76. The minimum atomic E-state index is -3.46. The highest BCUT2D eigenvalue weighted by molar-refractivity contribution is 7.92. The van der Waals surface area contributed by atoms with Gasteiger partial charge in [-0.05, 0) is 55.7 Å². The molecule has 2 rings (SSSR count). The van der Waals surface area contributed by atoms with E-state index in [2.05, 4.69) is 5.32 Å². The molecule has 0 saturated carbocycles. The maximum Gasteiger partial charge on any atom is 0.232 e. The van der Waals surface area contributed by atoms with Gasteiger partial charge >= 0.3 is 0 Å². The molecule has 0 aliphatic rings. The molecule has 1 amide bonds. The van der Waals surface area contributed by atoms with Crippen molar-refractivity contribution >= 4 is 50.5 Å². The molecule has 0 atom stereocenters. The van der Waals surface area contributed by atoms with E-state index in [1.165, 1.54) is 4.31 Å². The molecular formula is C19H22Cl2N2O3S. The van der Waals surface area contributed by atoms with E-state index in [0.717, 1.165) is 17.4 Å². The van der Waals surface area contributed by atoms with Gasteiger partial charge in [0.05, 0.1) is 27.7 Å². The average molecular weight is 429 g/mol. The summed E-state index contributed by atoms with van der Waals surface area (Å²) in [5, 5.41) is 3.33. The second-order valence-electron chi connectivity index (χ2n) is 6.43. The van der Waals surface area contributed by atoms with Gasteiger partial charge in [0.25, 0.3) is 0 Å². The summed E-state index contributed by atoms with van der Waals surface area (Å²) >= 11 is 12.0. The maximum atomic E-state index is 12.2. The average Bonchev–Trinajstić information content (AvgIpc) is 2.53. The van der Waals surface area contributed by atoms with Crippen LogP contribution in [0.15, 0.2) is 36.4 Å². The van der Waals surface area contributed by atoms with Gasteiger partial charge in [0.1, 0.15) is 0 Å². The smallest absolute Gasteiger partial charge is 0.232 e. The van der Waals surface area contributed by atoms with Gasteiger partial charge in [-0.1, -0.05) is 35.3 Å². The van der Waals surface area contributed by atoms with Crippen LogP contribution in [0.4, 0.5) is 11.4 Å². The molecule has 0 aliphatic heterocycles. The molecule has 1 N–H and O–H groups in total. The van der Waals surface area contributed by atoms with Crippen molar-refractivity contribution in [3.05, 3.63) is 57.6 Å². The lowest BCUT2D eigenvalue weighted by atomic mass is 10.1. The fraction of sp³-hybridized carbons (Fsp3) is 0.316. The first-order chi connectivity index (χ1) is 12.6. The van der Waals surface area contributed by atoms with Crippen LogP contribution >= 0.6 is 23.2 Å². The lowest BCUT2D eigenvalue weighted by Gasteiger charge is -2.23. The van der Waals surface area contributed by atoms with Crippen LogP contribution in [-0.4, -0.2) is 27.1 Å². The van der Waals surface area contributed by atoms with Gasteiger partial charge in [-0.15, -0.1) is 0 Å². The number of carbonyl (C=O) groups excluding carboxylic acids is 1. The number of sulfonamides is 1. The minimum Gasteiger partial charge on any atom is -0.325 e. The van der Waals surface area contributed by atoms with Gasteiger partial charge in [-0.2, -0.15) is 0 Å². The van der Waals surface area contributed by atoms with Crippen LogP contribution in [-0.2, 0) is 14.8 Å². The second-order valence-corrected chi connectivity index (χ2v) is 9.13. The first-order valence-corrected chi connectivity index (χ1v) is 11.0. The van der Waals surface area contributed by atoms with Crippen molar-refractivity contribution < 1.29 is 13.2 Å². The number of halogens is 2. The number of hydrogen-bond donors (Lipinski definition) is 1. The molecule has 2 aromatic rings. The van der Waals surface area contributed by atoms with E-state index >= 15 is 0 Å². The van der Waals surface area contributed by atoms with Crippen molar-refractivity contribution in [1.82, 2.24) is 0 Å². The summed E-state index contributed by atoms with van der Waals surface area (Å²) in [6, 6.07) is 10.6. The topological polar surface area (TPSA) is 66.5 Å². The number of carbonyl (C=O) groups is 1. The monoisotopic (exact) mass is 428 g/mol. The molecule has 146 valence electrons. The Balaban J connectivity index is 2.03. The van der Waals surface area contributed by atoms with Crippen LogP contribution in [0.25, 0.3) is 0 Å². The van der Waals surface area contributed by atoms with Crippen molar-refractivity contribution in [2.45, 2.75) is 26.7 Å². The first kappa shape index (κ1) is 21.5. The number of benzene rings is 2. The zero-order valence-corrected chi connectivity index (χ0v) is 17.7. The van der Waals surface area contributed by atoms with E-state index in [9.17, 15) is 13.2 Å². The number of amides is 1.